The van der Waals surface area contributed by atoms with Crippen LogP contribution in [0.3, 0.4) is 0 Å². The Bertz CT molecular complexity index is 454. The molecule has 1 saturated carbocycles. The van der Waals surface area contributed by atoms with Crippen LogP contribution in [0.5, 0.6) is 0 Å². The lowest BCUT2D eigenvalue weighted by Gasteiger charge is -2.39. The summed E-state index contributed by atoms with van der Waals surface area (Å²) >= 11 is 0. The van der Waals surface area contributed by atoms with E-state index in [2.05, 4.69) is 12.2 Å². The monoisotopic (exact) mass is 349 g/mol. The maximum absolute atomic E-state index is 12.6. The van der Waals surface area contributed by atoms with Crippen LogP contribution >= 0.6 is 0 Å². The molecule has 1 N–H and O–H groups in total. The molecule has 3 aliphatic rings. The van der Waals surface area contributed by atoms with Gasteiger partial charge in [-0.1, -0.05) is 26.2 Å². The minimum absolute atomic E-state index is 0.114. The van der Waals surface area contributed by atoms with E-state index < -0.39 is 0 Å². The number of amides is 3. The van der Waals surface area contributed by atoms with E-state index in [9.17, 15) is 9.59 Å². The van der Waals surface area contributed by atoms with Crippen molar-refractivity contribution in [2.24, 2.45) is 5.92 Å². The smallest absolute Gasteiger partial charge is 0.317 e. The van der Waals surface area contributed by atoms with Crippen LogP contribution in [0, 0.1) is 5.92 Å². The quantitative estimate of drug-likeness (QED) is 0.847. The van der Waals surface area contributed by atoms with E-state index in [0.29, 0.717) is 11.9 Å². The number of hydrogen-bond donors (Lipinski definition) is 1. The van der Waals surface area contributed by atoms with Gasteiger partial charge in [0.05, 0.1) is 0 Å². The Morgan fingerprint density at radius 2 is 1.56 bits per heavy atom. The van der Waals surface area contributed by atoms with E-state index >= 15 is 0 Å². The summed E-state index contributed by atoms with van der Waals surface area (Å²) in [4.78, 5) is 29.4. The predicted molar refractivity (Wildman–Crippen MR) is 99.3 cm³/mol. The lowest BCUT2D eigenvalue weighted by atomic mass is 9.87. The molecule has 3 rings (SSSR count). The number of nitrogens with one attached hydrogen (secondary N) is 1. The molecule has 0 aromatic heterocycles. The van der Waals surface area contributed by atoms with Crippen LogP contribution in [-0.2, 0) is 4.79 Å². The van der Waals surface area contributed by atoms with Crippen molar-refractivity contribution in [1.29, 1.82) is 0 Å². The van der Waals surface area contributed by atoms with Gasteiger partial charge in [0.2, 0.25) is 5.91 Å². The number of rotatable bonds is 3. The molecule has 0 bridgehead atoms. The Balaban J connectivity index is 1.44. The topological polar surface area (TPSA) is 52.7 Å². The van der Waals surface area contributed by atoms with Crippen LogP contribution < -0.4 is 5.32 Å². The van der Waals surface area contributed by atoms with Gasteiger partial charge in [0.15, 0.2) is 0 Å². The van der Waals surface area contributed by atoms with E-state index in [1.807, 2.05) is 9.80 Å². The Kier molecular flexibility index (Phi) is 6.60. The number of likely N-dealkylation sites (tertiary alicyclic amines) is 2. The third-order valence-corrected chi connectivity index (χ3v) is 6.45. The lowest BCUT2D eigenvalue weighted by Crippen LogP contribution is -2.54. The van der Waals surface area contributed by atoms with Crippen molar-refractivity contribution in [3.05, 3.63) is 0 Å². The van der Waals surface area contributed by atoms with Crippen molar-refractivity contribution in [2.45, 2.75) is 89.6 Å². The highest BCUT2D eigenvalue weighted by Gasteiger charge is 2.31. The molecule has 0 radical (unpaired) electrons. The average molecular weight is 350 g/mol. The highest BCUT2D eigenvalue weighted by molar-refractivity contribution is 5.79. The van der Waals surface area contributed by atoms with Crippen molar-refractivity contribution in [3.63, 3.8) is 0 Å². The lowest BCUT2D eigenvalue weighted by molar-refractivity contribution is -0.137. The summed E-state index contributed by atoms with van der Waals surface area (Å²) in [6.45, 7) is 4.67. The van der Waals surface area contributed by atoms with Crippen LogP contribution in [0.2, 0.25) is 0 Å². The second kappa shape index (κ2) is 8.91. The molecule has 3 amide bonds. The fraction of sp³-hybridized carbons (Fsp3) is 0.900. The first-order valence-corrected chi connectivity index (χ1v) is 10.5. The maximum Gasteiger partial charge on any atom is 0.317 e. The second-order valence-corrected chi connectivity index (χ2v) is 8.14. The van der Waals surface area contributed by atoms with Crippen LogP contribution in [0.4, 0.5) is 4.79 Å². The minimum Gasteiger partial charge on any atom is -0.342 e. The standard InChI is InChI=1S/C20H35N3O2/c1-2-18-10-6-7-13-23(18)20(25)21-17-11-14-22(15-12-17)19(24)16-8-4-3-5-9-16/h16-18H,2-15H2,1H3,(H,21,25)/t18-/m0/s1. The number of hydrogen-bond acceptors (Lipinski definition) is 2. The first-order valence-electron chi connectivity index (χ1n) is 10.5. The van der Waals surface area contributed by atoms with Gasteiger partial charge >= 0.3 is 6.03 Å². The third kappa shape index (κ3) is 4.68. The summed E-state index contributed by atoms with van der Waals surface area (Å²) in [5, 5.41) is 3.24. The molecule has 1 aliphatic carbocycles. The number of carbonyl (C=O) groups excluding carboxylic acids is 2. The third-order valence-electron chi connectivity index (χ3n) is 6.45. The van der Waals surface area contributed by atoms with Crippen molar-refractivity contribution < 1.29 is 9.59 Å². The van der Waals surface area contributed by atoms with E-state index in [0.717, 1.165) is 64.6 Å². The van der Waals surface area contributed by atoms with Crippen LogP contribution in [0.25, 0.3) is 0 Å². The summed E-state index contributed by atoms with van der Waals surface area (Å²) in [5.74, 6) is 0.630. The highest BCUT2D eigenvalue weighted by atomic mass is 16.2. The molecule has 142 valence electrons. The zero-order valence-corrected chi connectivity index (χ0v) is 15.8. The molecule has 2 saturated heterocycles. The van der Waals surface area contributed by atoms with Gasteiger partial charge in [-0.05, 0) is 51.4 Å². The van der Waals surface area contributed by atoms with Crippen LogP contribution in [0.15, 0.2) is 0 Å². The predicted octanol–water partition coefficient (Wildman–Crippen LogP) is 3.53. The highest BCUT2D eigenvalue weighted by Crippen LogP contribution is 2.27. The zero-order chi connectivity index (χ0) is 17.6. The van der Waals surface area contributed by atoms with Gasteiger partial charge in [0.25, 0.3) is 0 Å². The van der Waals surface area contributed by atoms with Gasteiger partial charge in [-0.2, -0.15) is 0 Å². The first-order chi connectivity index (χ1) is 12.2. The molecule has 2 aliphatic heterocycles. The molecule has 0 unspecified atom stereocenters. The molecule has 2 heterocycles. The number of urea groups is 1. The summed E-state index contributed by atoms with van der Waals surface area (Å²) in [6.07, 6.45) is 12.2. The van der Waals surface area contributed by atoms with E-state index in [-0.39, 0.29) is 18.0 Å². The molecule has 0 aromatic rings. The van der Waals surface area contributed by atoms with E-state index in [4.69, 9.17) is 0 Å². The molecule has 0 spiro atoms. The van der Waals surface area contributed by atoms with Crippen molar-refractivity contribution in [3.8, 4) is 0 Å². The number of nitrogens with zero attached hydrogens (tertiary/aromatic N) is 2. The maximum atomic E-state index is 12.6. The van der Waals surface area contributed by atoms with Crippen LogP contribution in [-0.4, -0.2) is 53.5 Å². The minimum atomic E-state index is 0.114. The molecule has 0 aromatic carbocycles. The summed E-state index contributed by atoms with van der Waals surface area (Å²) < 4.78 is 0. The largest absolute Gasteiger partial charge is 0.342 e. The summed E-state index contributed by atoms with van der Waals surface area (Å²) in [6, 6.07) is 0.743. The molecule has 5 heteroatoms. The average Bonchev–Trinajstić information content (AvgIpc) is 2.68. The van der Waals surface area contributed by atoms with Crippen molar-refractivity contribution in [2.75, 3.05) is 19.6 Å². The van der Waals surface area contributed by atoms with Gasteiger partial charge in [-0.25, -0.2) is 4.79 Å². The summed E-state index contributed by atoms with van der Waals surface area (Å²) in [5.41, 5.74) is 0. The molecular formula is C20H35N3O2. The molecule has 1 atom stereocenters. The van der Waals surface area contributed by atoms with E-state index in [1.165, 1.54) is 25.7 Å². The Labute approximate surface area is 152 Å². The molecule has 5 nitrogen and oxygen atoms in total. The second-order valence-electron chi connectivity index (χ2n) is 8.14. The fourth-order valence-electron chi connectivity index (χ4n) is 4.80. The fourth-order valence-corrected chi connectivity index (χ4v) is 4.80. The van der Waals surface area contributed by atoms with Gasteiger partial charge in [-0.3, -0.25) is 4.79 Å². The Hall–Kier alpha value is -1.26. The van der Waals surface area contributed by atoms with Gasteiger partial charge in [-0.15, -0.1) is 0 Å². The SMILES string of the molecule is CC[C@H]1CCCCN1C(=O)NC1CCN(C(=O)C2CCCCC2)CC1. The Morgan fingerprint density at radius 1 is 0.880 bits per heavy atom. The number of carbonyl (C=O) groups is 2. The summed E-state index contributed by atoms with van der Waals surface area (Å²) in [7, 11) is 0. The van der Waals surface area contributed by atoms with E-state index in [1.54, 1.807) is 0 Å². The van der Waals surface area contributed by atoms with Crippen LogP contribution in [0.1, 0.15) is 77.6 Å². The van der Waals surface area contributed by atoms with Gasteiger partial charge in [0, 0.05) is 37.6 Å². The molecule has 3 fully saturated rings. The zero-order valence-electron chi connectivity index (χ0n) is 15.8. The van der Waals surface area contributed by atoms with Gasteiger partial charge < -0.3 is 15.1 Å². The van der Waals surface area contributed by atoms with Crippen molar-refractivity contribution >= 4 is 11.9 Å². The molecular weight excluding hydrogens is 314 g/mol. The van der Waals surface area contributed by atoms with Gasteiger partial charge in [0.1, 0.15) is 0 Å². The first kappa shape index (κ1) is 18.5. The molecule has 25 heavy (non-hydrogen) atoms. The Morgan fingerprint density at radius 3 is 2.24 bits per heavy atom. The normalized spacial score (nSPS) is 26.5. The van der Waals surface area contributed by atoms with Crippen molar-refractivity contribution in [1.82, 2.24) is 15.1 Å². The number of piperidine rings is 2.